The summed E-state index contributed by atoms with van der Waals surface area (Å²) in [4.78, 5) is 3.07. The second-order valence-electron chi connectivity index (χ2n) is 2.57. The molecule has 0 aliphatic heterocycles. The molecule has 0 aromatic carbocycles. The molecule has 0 amide bonds. The van der Waals surface area contributed by atoms with Gasteiger partial charge in [0.15, 0.2) is 11.6 Å². The zero-order valence-electron chi connectivity index (χ0n) is 7.31. The van der Waals surface area contributed by atoms with Crippen molar-refractivity contribution in [1.29, 1.82) is 0 Å². The van der Waals surface area contributed by atoms with Crippen LogP contribution in [0.1, 0.15) is 5.56 Å². The van der Waals surface area contributed by atoms with Crippen molar-refractivity contribution in [1.82, 2.24) is 4.98 Å². The molecule has 15 heavy (non-hydrogen) atoms. The molecule has 1 heterocycles. The van der Waals surface area contributed by atoms with E-state index in [1.54, 1.807) is 0 Å². The summed E-state index contributed by atoms with van der Waals surface area (Å²) in [6, 6.07) is 0.749. The van der Waals surface area contributed by atoms with E-state index in [1.807, 2.05) is 0 Å². The van der Waals surface area contributed by atoms with Gasteiger partial charge in [-0.1, -0.05) is 0 Å². The summed E-state index contributed by atoms with van der Waals surface area (Å²) in [7, 11) is 0. The van der Waals surface area contributed by atoms with Gasteiger partial charge in [-0.3, -0.25) is 0 Å². The molecular formula is C7H7F4N3O. The van der Waals surface area contributed by atoms with Crippen molar-refractivity contribution in [2.75, 3.05) is 5.73 Å². The van der Waals surface area contributed by atoms with Gasteiger partial charge in [0.05, 0.1) is 0 Å². The fraction of sp³-hybridized carbons (Fsp3) is 0.286. The first-order chi connectivity index (χ1) is 6.83. The van der Waals surface area contributed by atoms with Gasteiger partial charge >= 0.3 is 6.36 Å². The van der Waals surface area contributed by atoms with E-state index in [-0.39, 0.29) is 12.1 Å². The van der Waals surface area contributed by atoms with Gasteiger partial charge in [0, 0.05) is 18.2 Å². The molecule has 0 aliphatic carbocycles. The molecular weight excluding hydrogens is 218 g/mol. The Kier molecular flexibility index (Phi) is 2.98. The molecule has 0 spiro atoms. The van der Waals surface area contributed by atoms with E-state index >= 15 is 0 Å². The van der Waals surface area contributed by atoms with Crippen LogP contribution in [-0.2, 0) is 6.54 Å². The standard InChI is InChI=1S/C7H7F4N3O/c8-5-3(2-12)1-4(14-6(5)13)15-7(9,10)11/h1H,2,12H2,(H2,13,14). The van der Waals surface area contributed by atoms with Crippen molar-refractivity contribution < 1.29 is 22.3 Å². The van der Waals surface area contributed by atoms with E-state index in [1.165, 1.54) is 0 Å². The molecule has 1 aromatic heterocycles. The highest BCUT2D eigenvalue weighted by atomic mass is 19.4. The molecule has 1 aromatic rings. The first-order valence-electron chi connectivity index (χ1n) is 3.74. The molecule has 0 saturated carbocycles. The molecule has 0 unspecified atom stereocenters. The number of nitrogens with zero attached hydrogens (tertiary/aromatic N) is 1. The number of rotatable bonds is 2. The van der Waals surface area contributed by atoms with E-state index in [9.17, 15) is 17.6 Å². The molecule has 84 valence electrons. The Bertz CT molecular complexity index is 366. The molecule has 0 saturated heterocycles. The molecule has 0 atom stereocenters. The van der Waals surface area contributed by atoms with Gasteiger partial charge < -0.3 is 16.2 Å². The van der Waals surface area contributed by atoms with E-state index in [0.717, 1.165) is 6.07 Å². The van der Waals surface area contributed by atoms with Crippen molar-refractivity contribution in [2.45, 2.75) is 12.9 Å². The molecule has 0 bridgehead atoms. The van der Waals surface area contributed by atoms with Crippen LogP contribution in [0.25, 0.3) is 0 Å². The second kappa shape index (κ2) is 3.89. The fourth-order valence-electron chi connectivity index (χ4n) is 0.896. The number of hydrogen-bond donors (Lipinski definition) is 2. The summed E-state index contributed by atoms with van der Waals surface area (Å²) >= 11 is 0. The van der Waals surface area contributed by atoms with E-state index in [0.29, 0.717) is 0 Å². The average molecular weight is 225 g/mol. The summed E-state index contributed by atoms with van der Waals surface area (Å²) in [6.07, 6.45) is -4.90. The molecule has 1 rings (SSSR count). The molecule has 4 nitrogen and oxygen atoms in total. The number of nitrogen functional groups attached to an aromatic ring is 1. The largest absolute Gasteiger partial charge is 0.574 e. The maximum Gasteiger partial charge on any atom is 0.574 e. The minimum atomic E-state index is -4.90. The van der Waals surface area contributed by atoms with Gasteiger partial charge in [0.25, 0.3) is 0 Å². The van der Waals surface area contributed by atoms with Crippen molar-refractivity contribution in [3.63, 3.8) is 0 Å². The third-order valence-corrected chi connectivity index (χ3v) is 1.48. The van der Waals surface area contributed by atoms with Crippen LogP contribution >= 0.6 is 0 Å². The Balaban J connectivity index is 3.06. The zero-order chi connectivity index (χ0) is 11.6. The minimum Gasteiger partial charge on any atom is -0.388 e. The van der Waals surface area contributed by atoms with Gasteiger partial charge in [0.1, 0.15) is 0 Å². The van der Waals surface area contributed by atoms with Gasteiger partial charge in [-0.25, -0.2) is 4.39 Å². The molecule has 0 aliphatic rings. The monoisotopic (exact) mass is 225 g/mol. The highest BCUT2D eigenvalue weighted by Crippen LogP contribution is 2.24. The lowest BCUT2D eigenvalue weighted by molar-refractivity contribution is -0.276. The summed E-state index contributed by atoms with van der Waals surface area (Å²) in [5.74, 6) is -2.45. The van der Waals surface area contributed by atoms with Crippen LogP contribution < -0.4 is 16.2 Å². The Labute approximate surface area is 81.8 Å². The van der Waals surface area contributed by atoms with Crippen LogP contribution in [0.3, 0.4) is 0 Å². The second-order valence-corrected chi connectivity index (χ2v) is 2.57. The van der Waals surface area contributed by atoms with Gasteiger partial charge in [0.2, 0.25) is 5.88 Å². The molecule has 8 heteroatoms. The lowest BCUT2D eigenvalue weighted by atomic mass is 10.2. The van der Waals surface area contributed by atoms with E-state index in [2.05, 4.69) is 9.72 Å². The third-order valence-electron chi connectivity index (χ3n) is 1.48. The minimum absolute atomic E-state index is 0.193. The third kappa shape index (κ3) is 2.94. The molecule has 0 fully saturated rings. The summed E-state index contributed by atoms with van der Waals surface area (Å²) < 4.78 is 51.8. The first-order valence-corrected chi connectivity index (χ1v) is 3.74. The highest BCUT2D eigenvalue weighted by Gasteiger charge is 2.32. The summed E-state index contributed by atoms with van der Waals surface area (Å²) in [6.45, 7) is -0.299. The van der Waals surface area contributed by atoms with Crippen molar-refractivity contribution in [3.8, 4) is 5.88 Å². The van der Waals surface area contributed by atoms with Gasteiger partial charge in [-0.05, 0) is 0 Å². The molecule has 0 radical (unpaired) electrons. The Morgan fingerprint density at radius 3 is 2.47 bits per heavy atom. The normalized spacial score (nSPS) is 11.5. The number of hydrogen-bond acceptors (Lipinski definition) is 4. The van der Waals surface area contributed by atoms with Crippen molar-refractivity contribution in [3.05, 3.63) is 17.4 Å². The predicted molar refractivity (Wildman–Crippen MR) is 43.2 cm³/mol. The lowest BCUT2D eigenvalue weighted by Gasteiger charge is -2.10. The SMILES string of the molecule is NCc1cc(OC(F)(F)F)nc(N)c1F. The maximum atomic E-state index is 13.0. The van der Waals surface area contributed by atoms with Crippen LogP contribution in [0.15, 0.2) is 6.07 Å². The van der Waals surface area contributed by atoms with E-state index < -0.39 is 23.9 Å². The fourth-order valence-corrected chi connectivity index (χ4v) is 0.896. The number of ether oxygens (including phenoxy) is 1. The number of nitrogens with two attached hydrogens (primary N) is 2. The highest BCUT2D eigenvalue weighted by molar-refractivity contribution is 5.39. The van der Waals surface area contributed by atoms with Gasteiger partial charge in [-0.15, -0.1) is 13.2 Å². The average Bonchev–Trinajstić information content (AvgIpc) is 2.08. The Hall–Kier alpha value is -1.57. The predicted octanol–water partition coefficient (Wildman–Crippen LogP) is 1.16. The molecule has 4 N–H and O–H groups in total. The van der Waals surface area contributed by atoms with Crippen LogP contribution in [0.2, 0.25) is 0 Å². The number of aromatic nitrogens is 1. The quantitative estimate of drug-likeness (QED) is 0.740. The lowest BCUT2D eigenvalue weighted by Crippen LogP contribution is -2.19. The summed E-state index contributed by atoms with van der Waals surface area (Å²) in [5.41, 5.74) is 9.93. The van der Waals surface area contributed by atoms with Crippen molar-refractivity contribution in [2.24, 2.45) is 5.73 Å². The zero-order valence-corrected chi connectivity index (χ0v) is 7.31. The summed E-state index contributed by atoms with van der Waals surface area (Å²) in [5, 5.41) is 0. The van der Waals surface area contributed by atoms with Crippen LogP contribution in [0.4, 0.5) is 23.4 Å². The van der Waals surface area contributed by atoms with Gasteiger partial charge in [-0.2, -0.15) is 4.98 Å². The van der Waals surface area contributed by atoms with Crippen LogP contribution in [-0.4, -0.2) is 11.3 Å². The smallest absolute Gasteiger partial charge is 0.388 e. The number of halogens is 4. The number of anilines is 1. The number of alkyl halides is 3. The van der Waals surface area contributed by atoms with Crippen molar-refractivity contribution >= 4 is 5.82 Å². The number of pyridine rings is 1. The van der Waals surface area contributed by atoms with E-state index in [4.69, 9.17) is 11.5 Å². The Morgan fingerprint density at radius 2 is 2.00 bits per heavy atom. The maximum absolute atomic E-state index is 13.0. The topological polar surface area (TPSA) is 74.2 Å². The van der Waals surface area contributed by atoms with Crippen LogP contribution in [0.5, 0.6) is 5.88 Å². The first kappa shape index (κ1) is 11.5. The van der Waals surface area contributed by atoms with Crippen LogP contribution in [0, 0.1) is 5.82 Å². The Morgan fingerprint density at radius 1 is 1.40 bits per heavy atom.